The molecule has 0 bridgehead atoms. The molecule has 0 heterocycles. The Morgan fingerprint density at radius 2 is 1.90 bits per heavy atom. The van der Waals surface area contributed by atoms with Crippen molar-refractivity contribution in [1.82, 2.24) is 0 Å². The molecule has 0 aliphatic heterocycles. The molecule has 0 unspecified atom stereocenters. The molecule has 0 aromatic heterocycles. The predicted octanol–water partition coefficient (Wildman–Crippen LogP) is 3.30. The van der Waals surface area contributed by atoms with E-state index in [0.29, 0.717) is 5.25 Å². The fourth-order valence-corrected chi connectivity index (χ4v) is 5.13. The summed E-state index contributed by atoms with van der Waals surface area (Å²) in [5.41, 5.74) is 0.269. The molecular formula is C15H20O4S2. The van der Waals surface area contributed by atoms with Gasteiger partial charge in [-0.15, -0.1) is 11.8 Å². The Hall–Kier alpha value is -1.01. The minimum absolute atomic E-state index is 0.223. The molecule has 4 nitrogen and oxygen atoms in total. The maximum absolute atomic E-state index is 12.0. The highest BCUT2D eigenvalue weighted by molar-refractivity contribution is 8.00. The lowest BCUT2D eigenvalue weighted by Gasteiger charge is -2.22. The van der Waals surface area contributed by atoms with Gasteiger partial charge in [-0.05, 0) is 31.0 Å². The third-order valence-corrected chi connectivity index (χ3v) is 6.29. The lowest BCUT2D eigenvalue weighted by molar-refractivity contribution is 0.0600. The van der Waals surface area contributed by atoms with E-state index < -0.39 is 15.8 Å². The van der Waals surface area contributed by atoms with Gasteiger partial charge in [0.05, 0.1) is 17.6 Å². The summed E-state index contributed by atoms with van der Waals surface area (Å²) in [5.74, 6) is -0.519. The van der Waals surface area contributed by atoms with Gasteiger partial charge in [0, 0.05) is 16.4 Å². The quantitative estimate of drug-likeness (QED) is 0.794. The zero-order chi connectivity index (χ0) is 15.5. The average Bonchev–Trinajstić information content (AvgIpc) is 2.47. The van der Waals surface area contributed by atoms with E-state index in [1.54, 1.807) is 23.9 Å². The minimum atomic E-state index is -3.38. The van der Waals surface area contributed by atoms with Gasteiger partial charge in [0.2, 0.25) is 0 Å². The highest BCUT2D eigenvalue weighted by Crippen LogP contribution is 2.37. The molecule has 1 aliphatic rings. The second kappa shape index (κ2) is 6.83. The normalized spacial score (nSPS) is 16.7. The van der Waals surface area contributed by atoms with Crippen molar-refractivity contribution >= 4 is 27.6 Å². The fourth-order valence-electron chi connectivity index (χ4n) is 2.50. The lowest BCUT2D eigenvalue weighted by Crippen LogP contribution is -2.10. The summed E-state index contributed by atoms with van der Waals surface area (Å²) < 4.78 is 28.6. The Balaban J connectivity index is 2.33. The number of esters is 1. The van der Waals surface area contributed by atoms with Gasteiger partial charge >= 0.3 is 5.97 Å². The van der Waals surface area contributed by atoms with E-state index >= 15 is 0 Å². The highest BCUT2D eigenvalue weighted by Gasteiger charge is 2.21. The molecule has 1 aromatic rings. The molecule has 21 heavy (non-hydrogen) atoms. The van der Waals surface area contributed by atoms with Crippen molar-refractivity contribution in [3.8, 4) is 0 Å². The smallest absolute Gasteiger partial charge is 0.337 e. The van der Waals surface area contributed by atoms with Gasteiger partial charge in [-0.1, -0.05) is 19.3 Å². The van der Waals surface area contributed by atoms with Crippen LogP contribution in [0.1, 0.15) is 42.5 Å². The van der Waals surface area contributed by atoms with Gasteiger partial charge in [0.15, 0.2) is 9.84 Å². The third-order valence-electron chi connectivity index (χ3n) is 3.61. The molecular weight excluding hydrogens is 308 g/mol. The second-order valence-corrected chi connectivity index (χ2v) is 8.63. The molecule has 6 heteroatoms. The molecule has 1 aromatic carbocycles. The average molecular weight is 328 g/mol. The number of hydrogen-bond donors (Lipinski definition) is 0. The molecule has 0 amide bonds. The fraction of sp³-hybridized carbons (Fsp3) is 0.533. The number of hydrogen-bond acceptors (Lipinski definition) is 5. The van der Waals surface area contributed by atoms with Crippen molar-refractivity contribution in [2.24, 2.45) is 0 Å². The van der Waals surface area contributed by atoms with Crippen LogP contribution in [0.2, 0.25) is 0 Å². The first kappa shape index (κ1) is 16.4. The maximum atomic E-state index is 12.0. The van der Waals surface area contributed by atoms with Gasteiger partial charge in [0.1, 0.15) is 0 Å². The van der Waals surface area contributed by atoms with Crippen LogP contribution in [0.5, 0.6) is 0 Å². The minimum Gasteiger partial charge on any atom is -0.465 e. The Morgan fingerprint density at radius 3 is 2.48 bits per heavy atom. The maximum Gasteiger partial charge on any atom is 0.337 e. The molecule has 116 valence electrons. The van der Waals surface area contributed by atoms with Gasteiger partial charge < -0.3 is 4.74 Å². The summed E-state index contributed by atoms with van der Waals surface area (Å²) in [5, 5.41) is 0.461. The number of ether oxygens (including phenoxy) is 1. The summed E-state index contributed by atoms with van der Waals surface area (Å²) in [6.45, 7) is 0. The molecule has 0 spiro atoms. The van der Waals surface area contributed by atoms with E-state index in [1.165, 1.54) is 38.7 Å². The van der Waals surface area contributed by atoms with Crippen molar-refractivity contribution in [2.75, 3.05) is 13.4 Å². The Kier molecular flexibility index (Phi) is 5.32. The van der Waals surface area contributed by atoms with Crippen LogP contribution in [-0.4, -0.2) is 33.0 Å². The van der Waals surface area contributed by atoms with Crippen LogP contribution in [0.4, 0.5) is 0 Å². The van der Waals surface area contributed by atoms with Crippen molar-refractivity contribution in [3.63, 3.8) is 0 Å². The van der Waals surface area contributed by atoms with E-state index in [4.69, 9.17) is 0 Å². The number of benzene rings is 1. The first-order valence-electron chi connectivity index (χ1n) is 7.01. The SMILES string of the molecule is COC(=O)c1ccc(SC2CCCCC2)c(S(C)(=O)=O)c1. The van der Waals surface area contributed by atoms with Gasteiger partial charge in [-0.2, -0.15) is 0 Å². The van der Waals surface area contributed by atoms with Crippen molar-refractivity contribution in [1.29, 1.82) is 0 Å². The van der Waals surface area contributed by atoms with E-state index in [9.17, 15) is 13.2 Å². The largest absolute Gasteiger partial charge is 0.465 e. The summed E-state index contributed by atoms with van der Waals surface area (Å²) in [6.07, 6.45) is 7.07. The van der Waals surface area contributed by atoms with Crippen LogP contribution < -0.4 is 0 Å². The standard InChI is InChI=1S/C15H20O4S2/c1-19-15(16)11-8-9-13(14(10-11)21(2,17)18)20-12-6-4-3-5-7-12/h8-10,12H,3-7H2,1-2H3. The van der Waals surface area contributed by atoms with Crippen LogP contribution in [0.3, 0.4) is 0 Å². The van der Waals surface area contributed by atoms with Crippen LogP contribution in [-0.2, 0) is 14.6 Å². The first-order valence-corrected chi connectivity index (χ1v) is 9.78. The van der Waals surface area contributed by atoms with Gasteiger partial charge in [-0.25, -0.2) is 13.2 Å². The number of methoxy groups -OCH3 is 1. The molecule has 1 saturated carbocycles. The number of rotatable bonds is 4. The molecule has 1 aliphatic carbocycles. The lowest BCUT2D eigenvalue weighted by atomic mass is 10.0. The predicted molar refractivity (Wildman–Crippen MR) is 83.6 cm³/mol. The van der Waals surface area contributed by atoms with Crippen molar-refractivity contribution in [3.05, 3.63) is 23.8 Å². The van der Waals surface area contributed by atoms with Crippen LogP contribution in [0.25, 0.3) is 0 Å². The Bertz CT molecular complexity index is 617. The van der Waals surface area contributed by atoms with E-state index in [0.717, 1.165) is 17.7 Å². The number of carbonyl (C=O) groups is 1. The molecule has 0 atom stereocenters. The molecule has 1 fully saturated rings. The highest BCUT2D eigenvalue weighted by atomic mass is 32.2. The topological polar surface area (TPSA) is 60.4 Å². The van der Waals surface area contributed by atoms with Gasteiger partial charge in [-0.3, -0.25) is 0 Å². The Morgan fingerprint density at radius 1 is 1.24 bits per heavy atom. The number of sulfone groups is 1. The van der Waals surface area contributed by atoms with E-state index in [2.05, 4.69) is 4.74 Å². The van der Waals surface area contributed by atoms with Gasteiger partial charge in [0.25, 0.3) is 0 Å². The summed E-state index contributed by atoms with van der Waals surface area (Å²) in [4.78, 5) is 12.5. The van der Waals surface area contributed by atoms with Crippen molar-refractivity contribution in [2.45, 2.75) is 47.1 Å². The van der Waals surface area contributed by atoms with E-state index in [-0.39, 0.29) is 10.5 Å². The second-order valence-electron chi connectivity index (χ2n) is 5.30. The summed E-state index contributed by atoms with van der Waals surface area (Å²) >= 11 is 1.61. The van der Waals surface area contributed by atoms with Crippen LogP contribution in [0, 0.1) is 0 Å². The molecule has 0 radical (unpaired) electrons. The first-order chi connectivity index (χ1) is 9.91. The zero-order valence-electron chi connectivity index (χ0n) is 12.3. The Labute approximate surface area is 130 Å². The molecule has 0 saturated heterocycles. The monoisotopic (exact) mass is 328 g/mol. The van der Waals surface area contributed by atoms with Crippen LogP contribution >= 0.6 is 11.8 Å². The number of carbonyl (C=O) groups excluding carboxylic acids is 1. The third kappa shape index (κ3) is 4.23. The molecule has 0 N–H and O–H groups in total. The van der Waals surface area contributed by atoms with Crippen molar-refractivity contribution < 1.29 is 17.9 Å². The van der Waals surface area contributed by atoms with Crippen LogP contribution in [0.15, 0.2) is 28.0 Å². The summed E-state index contributed by atoms with van der Waals surface area (Å²) in [7, 11) is -2.09. The molecule has 2 rings (SSSR count). The zero-order valence-corrected chi connectivity index (χ0v) is 13.9. The van der Waals surface area contributed by atoms with E-state index in [1.807, 2.05) is 0 Å². The number of thioether (sulfide) groups is 1. The summed E-state index contributed by atoms with van der Waals surface area (Å²) in [6, 6.07) is 4.78.